The molecular weight excluding hydrogens is 462 g/mol. The third-order valence-electron chi connectivity index (χ3n) is 8.00. The molecule has 7 atom stereocenters. The number of nitrogens with one attached hydrogen (secondary N) is 2. The summed E-state index contributed by atoms with van der Waals surface area (Å²) in [4.78, 5) is 42.7. The molecule has 9 nitrogen and oxygen atoms in total. The molecule has 3 N–H and O–H groups in total. The van der Waals surface area contributed by atoms with Crippen LogP contribution in [-0.2, 0) is 19.1 Å². The first kappa shape index (κ1) is 26.4. The molecule has 0 radical (unpaired) electrons. The van der Waals surface area contributed by atoms with Gasteiger partial charge in [0.25, 0.3) is 0 Å². The molecule has 1 aromatic carbocycles. The van der Waals surface area contributed by atoms with Gasteiger partial charge in [-0.3, -0.25) is 14.4 Å². The monoisotopic (exact) mass is 501 g/mol. The maximum atomic E-state index is 14.0. The second kappa shape index (κ2) is 10.4. The zero-order chi connectivity index (χ0) is 26.2. The van der Waals surface area contributed by atoms with Crippen molar-refractivity contribution < 1.29 is 29.0 Å². The molecule has 4 rings (SSSR count). The van der Waals surface area contributed by atoms with E-state index in [0.29, 0.717) is 30.9 Å². The molecular formula is C27H39N3O6. The number of amides is 3. The first-order valence-corrected chi connectivity index (χ1v) is 13.1. The highest BCUT2D eigenvalue weighted by Gasteiger charge is 2.75. The quantitative estimate of drug-likeness (QED) is 0.453. The number of anilines is 1. The number of hydrogen-bond acceptors (Lipinski definition) is 6. The Hall–Kier alpha value is -2.65. The first-order valence-electron chi connectivity index (χ1n) is 13.1. The Kier molecular flexibility index (Phi) is 7.61. The zero-order valence-electron chi connectivity index (χ0n) is 21.8. The van der Waals surface area contributed by atoms with Crippen LogP contribution in [0, 0.1) is 17.8 Å². The van der Waals surface area contributed by atoms with Crippen LogP contribution >= 0.6 is 0 Å². The van der Waals surface area contributed by atoms with Crippen molar-refractivity contribution in [3.63, 3.8) is 0 Å². The summed E-state index contributed by atoms with van der Waals surface area (Å²) in [5, 5.41) is 16.2. The lowest BCUT2D eigenvalue weighted by molar-refractivity contribution is -0.146. The van der Waals surface area contributed by atoms with Gasteiger partial charge in [-0.15, -0.1) is 0 Å². The molecule has 2 unspecified atom stereocenters. The van der Waals surface area contributed by atoms with E-state index in [2.05, 4.69) is 10.6 Å². The van der Waals surface area contributed by atoms with Gasteiger partial charge in [0.05, 0.1) is 37.2 Å². The van der Waals surface area contributed by atoms with Crippen molar-refractivity contribution in [1.29, 1.82) is 0 Å². The lowest BCUT2D eigenvalue weighted by Gasteiger charge is -2.39. The minimum absolute atomic E-state index is 0.0307. The molecule has 3 aliphatic rings. The van der Waals surface area contributed by atoms with Crippen molar-refractivity contribution in [2.24, 2.45) is 17.8 Å². The van der Waals surface area contributed by atoms with E-state index in [1.54, 1.807) is 24.3 Å². The molecule has 0 saturated carbocycles. The van der Waals surface area contributed by atoms with Gasteiger partial charge in [-0.1, -0.05) is 20.3 Å². The summed E-state index contributed by atoms with van der Waals surface area (Å²) in [6.07, 6.45) is 1.41. The molecule has 2 bridgehead atoms. The average Bonchev–Trinajstić information content (AvgIpc) is 3.48. The molecule has 3 fully saturated rings. The second-order valence-corrected chi connectivity index (χ2v) is 10.5. The lowest BCUT2D eigenvalue weighted by atomic mass is 9.70. The summed E-state index contributed by atoms with van der Waals surface area (Å²) in [5.74, 6) is -1.69. The van der Waals surface area contributed by atoms with Crippen molar-refractivity contribution in [2.75, 3.05) is 18.5 Å². The number of likely N-dealkylation sites (tertiary alicyclic amines) is 1. The SMILES string of the molecule is CCOc1ccc(NC(=O)[C@@H]2[C@H]3C(=O)N([C@@H](CO)[C@@H](C)CC)C(C(=O)NC(C)C)C34CC[C@H]2O4)cc1. The molecule has 1 spiro atoms. The van der Waals surface area contributed by atoms with Gasteiger partial charge in [0.2, 0.25) is 17.7 Å². The van der Waals surface area contributed by atoms with Crippen LogP contribution < -0.4 is 15.4 Å². The van der Waals surface area contributed by atoms with E-state index in [4.69, 9.17) is 9.47 Å². The fourth-order valence-electron chi connectivity index (χ4n) is 6.25. The maximum Gasteiger partial charge on any atom is 0.246 e. The van der Waals surface area contributed by atoms with Crippen LogP contribution in [0.2, 0.25) is 0 Å². The van der Waals surface area contributed by atoms with Gasteiger partial charge in [-0.25, -0.2) is 0 Å². The van der Waals surface area contributed by atoms with E-state index >= 15 is 0 Å². The summed E-state index contributed by atoms with van der Waals surface area (Å²) in [6, 6.07) is 5.53. The van der Waals surface area contributed by atoms with Crippen molar-refractivity contribution in [2.45, 2.75) is 83.7 Å². The maximum absolute atomic E-state index is 14.0. The van der Waals surface area contributed by atoms with Gasteiger partial charge < -0.3 is 30.1 Å². The molecule has 0 aromatic heterocycles. The van der Waals surface area contributed by atoms with Crippen molar-refractivity contribution in [3.05, 3.63) is 24.3 Å². The normalized spacial score (nSPS) is 30.3. The van der Waals surface area contributed by atoms with Crippen molar-refractivity contribution >= 4 is 23.4 Å². The van der Waals surface area contributed by atoms with Crippen LogP contribution in [0.3, 0.4) is 0 Å². The topological polar surface area (TPSA) is 117 Å². The Morgan fingerprint density at radius 3 is 2.47 bits per heavy atom. The molecule has 3 saturated heterocycles. The molecule has 3 heterocycles. The van der Waals surface area contributed by atoms with E-state index in [1.165, 1.54) is 4.90 Å². The molecule has 3 amide bonds. The van der Waals surface area contributed by atoms with Crippen LogP contribution in [0.25, 0.3) is 0 Å². The standard InChI is InChI=1S/C27H39N3O6/c1-6-16(5)19(14-31)30-23(25(33)28-15(3)4)27-13-12-20(36-27)21(22(27)26(30)34)24(32)29-17-8-10-18(11-9-17)35-7-2/h8-11,15-16,19-23,31H,6-7,12-14H2,1-5H3,(H,28,33)(H,29,32)/t16-,19-,20+,21-,22-,23?,27?/m0/s1. The summed E-state index contributed by atoms with van der Waals surface area (Å²) in [5.41, 5.74) is -0.480. The van der Waals surface area contributed by atoms with Gasteiger partial charge in [0.1, 0.15) is 17.4 Å². The number of hydrogen-bond donors (Lipinski definition) is 3. The predicted octanol–water partition coefficient (Wildman–Crippen LogP) is 2.33. The highest BCUT2D eigenvalue weighted by Crippen LogP contribution is 2.59. The number of rotatable bonds is 10. The molecule has 3 aliphatic heterocycles. The summed E-state index contributed by atoms with van der Waals surface area (Å²) in [6.45, 7) is 9.88. The van der Waals surface area contributed by atoms with Gasteiger partial charge in [0, 0.05) is 11.7 Å². The van der Waals surface area contributed by atoms with Gasteiger partial charge in [0.15, 0.2) is 0 Å². The predicted molar refractivity (Wildman–Crippen MR) is 134 cm³/mol. The van der Waals surface area contributed by atoms with E-state index in [1.807, 2.05) is 34.6 Å². The minimum atomic E-state index is -1.08. The number of carbonyl (C=O) groups excluding carboxylic acids is 3. The fourth-order valence-corrected chi connectivity index (χ4v) is 6.25. The van der Waals surface area contributed by atoms with E-state index < -0.39 is 35.6 Å². The van der Waals surface area contributed by atoms with E-state index in [0.717, 1.165) is 6.42 Å². The number of nitrogens with zero attached hydrogens (tertiary/aromatic N) is 1. The third kappa shape index (κ3) is 4.36. The highest BCUT2D eigenvalue weighted by molar-refractivity contribution is 6.02. The summed E-state index contributed by atoms with van der Waals surface area (Å²) < 4.78 is 11.9. The Morgan fingerprint density at radius 1 is 1.19 bits per heavy atom. The first-order chi connectivity index (χ1) is 17.2. The van der Waals surface area contributed by atoms with Crippen molar-refractivity contribution in [3.8, 4) is 5.75 Å². The van der Waals surface area contributed by atoms with Gasteiger partial charge in [-0.05, 0) is 63.8 Å². The van der Waals surface area contributed by atoms with Crippen LogP contribution in [0.1, 0.15) is 53.9 Å². The third-order valence-corrected chi connectivity index (χ3v) is 8.00. The molecule has 1 aromatic rings. The van der Waals surface area contributed by atoms with Gasteiger partial charge in [-0.2, -0.15) is 0 Å². The number of fused-ring (bicyclic) bond motifs is 1. The Balaban J connectivity index is 1.66. The lowest BCUT2D eigenvalue weighted by Crippen LogP contribution is -2.59. The Labute approximate surface area is 212 Å². The Bertz CT molecular complexity index is 982. The number of aliphatic hydroxyl groups is 1. The molecule has 198 valence electrons. The van der Waals surface area contributed by atoms with Crippen LogP contribution in [0.15, 0.2) is 24.3 Å². The van der Waals surface area contributed by atoms with Crippen LogP contribution in [0.5, 0.6) is 5.75 Å². The summed E-state index contributed by atoms with van der Waals surface area (Å²) >= 11 is 0. The zero-order valence-corrected chi connectivity index (χ0v) is 21.8. The van der Waals surface area contributed by atoms with E-state index in [9.17, 15) is 19.5 Å². The smallest absolute Gasteiger partial charge is 0.246 e. The van der Waals surface area contributed by atoms with Crippen LogP contribution in [-0.4, -0.2) is 70.8 Å². The van der Waals surface area contributed by atoms with Crippen molar-refractivity contribution in [1.82, 2.24) is 10.2 Å². The largest absolute Gasteiger partial charge is 0.494 e. The highest BCUT2D eigenvalue weighted by atomic mass is 16.5. The van der Waals surface area contributed by atoms with Gasteiger partial charge >= 0.3 is 0 Å². The Morgan fingerprint density at radius 2 is 1.89 bits per heavy atom. The molecule has 36 heavy (non-hydrogen) atoms. The number of ether oxygens (including phenoxy) is 2. The summed E-state index contributed by atoms with van der Waals surface area (Å²) in [7, 11) is 0. The number of carbonyl (C=O) groups is 3. The number of aliphatic hydroxyl groups excluding tert-OH is 1. The minimum Gasteiger partial charge on any atom is -0.494 e. The van der Waals surface area contributed by atoms with E-state index in [-0.39, 0.29) is 36.3 Å². The molecule has 9 heteroatoms. The van der Waals surface area contributed by atoms with Crippen LogP contribution in [0.4, 0.5) is 5.69 Å². The average molecular weight is 502 g/mol. The fraction of sp³-hybridized carbons (Fsp3) is 0.667. The number of benzene rings is 1. The second-order valence-electron chi connectivity index (χ2n) is 10.5. The molecule has 0 aliphatic carbocycles.